The summed E-state index contributed by atoms with van der Waals surface area (Å²) >= 11 is 0. The fourth-order valence-corrected chi connectivity index (χ4v) is 1.10. The van der Waals surface area contributed by atoms with E-state index in [1.807, 2.05) is 18.2 Å². The molecule has 0 radical (unpaired) electrons. The molecule has 3 heteroatoms. The number of para-hydroxylation sites is 1. The van der Waals surface area contributed by atoms with E-state index in [4.69, 9.17) is 0 Å². The molecule has 0 bridgehead atoms. The molecule has 0 aliphatic rings. The molecular formula is C10H11NO2. The number of carbonyl (C=O) groups excluding carboxylic acids is 2. The van der Waals surface area contributed by atoms with E-state index in [0.717, 1.165) is 11.8 Å². The second-order valence-corrected chi connectivity index (χ2v) is 2.71. The summed E-state index contributed by atoms with van der Waals surface area (Å²) in [5.41, 5.74) is 1.55. The number of amides is 1. The molecule has 0 saturated heterocycles. The first-order chi connectivity index (χ1) is 6.24. The minimum absolute atomic E-state index is 0.127. The van der Waals surface area contributed by atoms with Crippen LogP contribution in [0.25, 0.3) is 0 Å². The molecule has 3 nitrogen and oxygen atoms in total. The number of hydrogen-bond donors (Lipinski definition) is 1. The van der Waals surface area contributed by atoms with E-state index in [1.54, 1.807) is 6.07 Å². The molecule has 1 aromatic carbocycles. The topological polar surface area (TPSA) is 46.2 Å². The van der Waals surface area contributed by atoms with E-state index in [2.05, 4.69) is 5.32 Å². The first-order valence-corrected chi connectivity index (χ1v) is 4.03. The predicted molar refractivity (Wildman–Crippen MR) is 50.5 cm³/mol. The van der Waals surface area contributed by atoms with Crippen LogP contribution in [0.3, 0.4) is 0 Å². The van der Waals surface area contributed by atoms with Crippen molar-refractivity contribution in [1.29, 1.82) is 0 Å². The van der Waals surface area contributed by atoms with Crippen LogP contribution >= 0.6 is 0 Å². The summed E-state index contributed by atoms with van der Waals surface area (Å²) in [5, 5.41) is 2.66. The number of anilines is 1. The van der Waals surface area contributed by atoms with Crippen LogP contribution in [0.1, 0.15) is 12.5 Å². The third-order valence-electron chi connectivity index (χ3n) is 1.63. The Hall–Kier alpha value is -1.64. The maximum absolute atomic E-state index is 10.8. The summed E-state index contributed by atoms with van der Waals surface area (Å²) in [6.45, 7) is 1.44. The molecule has 0 saturated carbocycles. The zero-order valence-electron chi connectivity index (χ0n) is 7.41. The van der Waals surface area contributed by atoms with Gasteiger partial charge in [0.25, 0.3) is 0 Å². The molecule has 0 atom stereocenters. The zero-order valence-corrected chi connectivity index (χ0v) is 7.41. The van der Waals surface area contributed by atoms with E-state index < -0.39 is 0 Å². The van der Waals surface area contributed by atoms with Crippen molar-refractivity contribution in [3.63, 3.8) is 0 Å². The Morgan fingerprint density at radius 3 is 2.77 bits per heavy atom. The molecule has 1 rings (SSSR count). The lowest BCUT2D eigenvalue weighted by atomic mass is 10.1. The van der Waals surface area contributed by atoms with Gasteiger partial charge in [-0.25, -0.2) is 0 Å². The van der Waals surface area contributed by atoms with Crippen LogP contribution in [0.5, 0.6) is 0 Å². The number of nitrogens with one attached hydrogen (secondary N) is 1. The van der Waals surface area contributed by atoms with Gasteiger partial charge in [-0.3, -0.25) is 4.79 Å². The Morgan fingerprint density at radius 1 is 1.46 bits per heavy atom. The Balaban J connectivity index is 2.90. The summed E-state index contributed by atoms with van der Waals surface area (Å²) < 4.78 is 0. The van der Waals surface area contributed by atoms with Crippen molar-refractivity contribution >= 4 is 17.9 Å². The number of carbonyl (C=O) groups is 2. The number of hydrogen-bond acceptors (Lipinski definition) is 2. The predicted octanol–water partition coefficient (Wildman–Crippen LogP) is 1.39. The highest BCUT2D eigenvalue weighted by molar-refractivity contribution is 5.89. The van der Waals surface area contributed by atoms with E-state index in [-0.39, 0.29) is 5.91 Å². The fourth-order valence-electron chi connectivity index (χ4n) is 1.10. The maximum Gasteiger partial charge on any atom is 0.221 e. The van der Waals surface area contributed by atoms with Gasteiger partial charge in [0.1, 0.15) is 6.29 Å². The smallest absolute Gasteiger partial charge is 0.221 e. The Morgan fingerprint density at radius 2 is 2.15 bits per heavy atom. The molecule has 68 valence electrons. The summed E-state index contributed by atoms with van der Waals surface area (Å²) in [5.74, 6) is -0.127. The van der Waals surface area contributed by atoms with Gasteiger partial charge in [-0.2, -0.15) is 0 Å². The molecule has 0 aromatic heterocycles. The SMILES string of the molecule is CC(=O)Nc1ccccc1CC=O. The van der Waals surface area contributed by atoms with Crippen molar-refractivity contribution in [2.45, 2.75) is 13.3 Å². The second kappa shape index (κ2) is 4.40. The number of aldehydes is 1. The van der Waals surface area contributed by atoms with Gasteiger partial charge in [0, 0.05) is 19.0 Å². The third kappa shape index (κ3) is 2.71. The first kappa shape index (κ1) is 9.45. The number of benzene rings is 1. The molecule has 0 heterocycles. The van der Waals surface area contributed by atoms with Gasteiger partial charge < -0.3 is 10.1 Å². The van der Waals surface area contributed by atoms with Crippen LogP contribution in [0, 0.1) is 0 Å². The molecule has 0 spiro atoms. The van der Waals surface area contributed by atoms with Gasteiger partial charge in [-0.15, -0.1) is 0 Å². The maximum atomic E-state index is 10.8. The minimum Gasteiger partial charge on any atom is -0.326 e. The quantitative estimate of drug-likeness (QED) is 0.709. The van der Waals surface area contributed by atoms with Crippen molar-refractivity contribution in [3.05, 3.63) is 29.8 Å². The van der Waals surface area contributed by atoms with Gasteiger partial charge >= 0.3 is 0 Å². The second-order valence-electron chi connectivity index (χ2n) is 2.71. The summed E-state index contributed by atoms with van der Waals surface area (Å²) in [6.07, 6.45) is 1.15. The molecule has 0 fully saturated rings. The standard InChI is InChI=1S/C10H11NO2/c1-8(13)11-10-5-3-2-4-9(10)6-7-12/h2-5,7H,6H2,1H3,(H,11,13). The average molecular weight is 177 g/mol. The van der Waals surface area contributed by atoms with Crippen LogP contribution < -0.4 is 5.32 Å². The highest BCUT2D eigenvalue weighted by Crippen LogP contribution is 2.14. The zero-order chi connectivity index (χ0) is 9.68. The summed E-state index contributed by atoms with van der Waals surface area (Å²) in [7, 11) is 0. The van der Waals surface area contributed by atoms with Crippen molar-refractivity contribution in [2.75, 3.05) is 5.32 Å². The van der Waals surface area contributed by atoms with Crippen LogP contribution in [0.2, 0.25) is 0 Å². The van der Waals surface area contributed by atoms with Gasteiger partial charge in [0.15, 0.2) is 0 Å². The molecule has 0 aliphatic carbocycles. The van der Waals surface area contributed by atoms with E-state index >= 15 is 0 Å². The van der Waals surface area contributed by atoms with Gasteiger partial charge in [0.05, 0.1) is 0 Å². The minimum atomic E-state index is -0.127. The molecule has 1 N–H and O–H groups in total. The Bertz CT molecular complexity index is 320. The normalized spacial score (nSPS) is 9.31. The molecule has 13 heavy (non-hydrogen) atoms. The van der Waals surface area contributed by atoms with Crippen LogP contribution in [0.4, 0.5) is 5.69 Å². The molecule has 1 aromatic rings. The van der Waals surface area contributed by atoms with Gasteiger partial charge in [-0.1, -0.05) is 18.2 Å². The van der Waals surface area contributed by atoms with E-state index in [0.29, 0.717) is 12.1 Å². The lowest BCUT2D eigenvalue weighted by Gasteiger charge is -2.06. The van der Waals surface area contributed by atoms with Crippen LogP contribution in [-0.4, -0.2) is 12.2 Å². The fraction of sp³-hybridized carbons (Fsp3) is 0.200. The molecular weight excluding hydrogens is 166 g/mol. The number of rotatable bonds is 3. The van der Waals surface area contributed by atoms with Crippen molar-refractivity contribution in [3.8, 4) is 0 Å². The van der Waals surface area contributed by atoms with Gasteiger partial charge in [-0.05, 0) is 11.6 Å². The summed E-state index contributed by atoms with van der Waals surface area (Å²) in [4.78, 5) is 21.1. The van der Waals surface area contributed by atoms with Crippen LogP contribution in [-0.2, 0) is 16.0 Å². The van der Waals surface area contributed by atoms with Crippen LogP contribution in [0.15, 0.2) is 24.3 Å². The summed E-state index contributed by atoms with van der Waals surface area (Å²) in [6, 6.07) is 7.25. The lowest BCUT2D eigenvalue weighted by Crippen LogP contribution is -2.08. The van der Waals surface area contributed by atoms with E-state index in [1.165, 1.54) is 6.92 Å². The highest BCUT2D eigenvalue weighted by Gasteiger charge is 2.01. The highest BCUT2D eigenvalue weighted by atomic mass is 16.1. The Kier molecular flexibility index (Phi) is 3.20. The largest absolute Gasteiger partial charge is 0.326 e. The molecule has 0 unspecified atom stereocenters. The monoisotopic (exact) mass is 177 g/mol. The average Bonchev–Trinajstić information content (AvgIpc) is 2.08. The Labute approximate surface area is 76.8 Å². The lowest BCUT2D eigenvalue weighted by molar-refractivity contribution is -0.114. The van der Waals surface area contributed by atoms with Crippen molar-refractivity contribution < 1.29 is 9.59 Å². The van der Waals surface area contributed by atoms with Gasteiger partial charge in [0.2, 0.25) is 5.91 Å². The first-order valence-electron chi connectivity index (χ1n) is 4.03. The third-order valence-corrected chi connectivity index (χ3v) is 1.63. The van der Waals surface area contributed by atoms with Crippen molar-refractivity contribution in [1.82, 2.24) is 0 Å². The molecule has 1 amide bonds. The van der Waals surface area contributed by atoms with Crippen molar-refractivity contribution in [2.24, 2.45) is 0 Å². The van der Waals surface area contributed by atoms with E-state index in [9.17, 15) is 9.59 Å². The molecule has 0 aliphatic heterocycles.